The SMILES string of the molecule is Cc1csc(=Nc2ccc(C(C)C)cc2)n1CCCN1CCCC1=O. The fourth-order valence-electron chi connectivity index (χ4n) is 3.18. The molecule has 1 aromatic carbocycles. The molecule has 3 rings (SSSR count). The second kappa shape index (κ2) is 8.00. The molecule has 1 amide bonds. The van der Waals surface area contributed by atoms with Crippen LogP contribution in [-0.4, -0.2) is 28.5 Å². The molecule has 0 radical (unpaired) electrons. The van der Waals surface area contributed by atoms with E-state index >= 15 is 0 Å². The maximum Gasteiger partial charge on any atom is 0.222 e. The highest BCUT2D eigenvalue weighted by Crippen LogP contribution is 2.19. The van der Waals surface area contributed by atoms with E-state index in [1.54, 1.807) is 11.3 Å². The third-order valence-electron chi connectivity index (χ3n) is 4.76. The minimum Gasteiger partial charge on any atom is -0.343 e. The molecular formula is C20H27N3OS. The van der Waals surface area contributed by atoms with Gasteiger partial charge in [0.15, 0.2) is 4.80 Å². The molecule has 1 saturated heterocycles. The Labute approximate surface area is 153 Å². The lowest BCUT2D eigenvalue weighted by atomic mass is 10.0. The van der Waals surface area contributed by atoms with Gasteiger partial charge >= 0.3 is 0 Å². The van der Waals surface area contributed by atoms with Crippen LogP contribution < -0.4 is 4.80 Å². The molecule has 0 aliphatic carbocycles. The summed E-state index contributed by atoms with van der Waals surface area (Å²) >= 11 is 1.68. The van der Waals surface area contributed by atoms with Gasteiger partial charge in [0.1, 0.15) is 0 Å². The summed E-state index contributed by atoms with van der Waals surface area (Å²) in [6.45, 7) is 9.21. The van der Waals surface area contributed by atoms with Gasteiger partial charge < -0.3 is 9.47 Å². The molecule has 0 bridgehead atoms. The third-order valence-corrected chi connectivity index (χ3v) is 5.74. The minimum atomic E-state index is 0.308. The van der Waals surface area contributed by atoms with Gasteiger partial charge in [-0.1, -0.05) is 26.0 Å². The van der Waals surface area contributed by atoms with E-state index in [4.69, 9.17) is 4.99 Å². The van der Waals surface area contributed by atoms with Crippen LogP contribution in [0.3, 0.4) is 0 Å². The molecule has 1 fully saturated rings. The maximum absolute atomic E-state index is 11.7. The Morgan fingerprint density at radius 1 is 1.20 bits per heavy atom. The van der Waals surface area contributed by atoms with Crippen LogP contribution in [0.5, 0.6) is 0 Å². The van der Waals surface area contributed by atoms with Gasteiger partial charge in [0.2, 0.25) is 5.91 Å². The van der Waals surface area contributed by atoms with Crippen molar-refractivity contribution in [1.82, 2.24) is 9.47 Å². The molecule has 2 aromatic rings. The number of likely N-dealkylation sites (tertiary alicyclic amines) is 1. The molecule has 0 spiro atoms. The smallest absolute Gasteiger partial charge is 0.222 e. The van der Waals surface area contributed by atoms with Crippen molar-refractivity contribution in [3.63, 3.8) is 0 Å². The molecular weight excluding hydrogens is 330 g/mol. The van der Waals surface area contributed by atoms with Crippen LogP contribution in [0, 0.1) is 6.92 Å². The molecule has 0 atom stereocenters. The molecule has 1 aromatic heterocycles. The summed E-state index contributed by atoms with van der Waals surface area (Å²) in [6, 6.07) is 8.51. The van der Waals surface area contributed by atoms with Crippen molar-refractivity contribution in [3.05, 3.63) is 45.7 Å². The Hall–Kier alpha value is -1.88. The first-order chi connectivity index (χ1) is 12.0. The number of aromatic nitrogens is 1. The summed E-state index contributed by atoms with van der Waals surface area (Å²) in [5, 5.41) is 2.16. The zero-order valence-electron chi connectivity index (χ0n) is 15.4. The number of hydrogen-bond donors (Lipinski definition) is 0. The zero-order valence-corrected chi connectivity index (χ0v) is 16.2. The van der Waals surface area contributed by atoms with Crippen LogP contribution in [0.4, 0.5) is 5.69 Å². The summed E-state index contributed by atoms with van der Waals surface area (Å²) in [5.74, 6) is 0.846. The van der Waals surface area contributed by atoms with E-state index in [1.165, 1.54) is 11.3 Å². The molecule has 1 aliphatic heterocycles. The second-order valence-electron chi connectivity index (χ2n) is 7.01. The van der Waals surface area contributed by atoms with E-state index < -0.39 is 0 Å². The van der Waals surface area contributed by atoms with Gasteiger partial charge in [0.25, 0.3) is 0 Å². The van der Waals surface area contributed by atoms with Crippen LogP contribution in [0.15, 0.2) is 34.6 Å². The molecule has 0 saturated carbocycles. The molecule has 0 N–H and O–H groups in total. The van der Waals surface area contributed by atoms with Crippen molar-refractivity contribution in [2.75, 3.05) is 13.1 Å². The molecule has 1 aliphatic rings. The summed E-state index contributed by atoms with van der Waals surface area (Å²) in [7, 11) is 0. The maximum atomic E-state index is 11.7. The summed E-state index contributed by atoms with van der Waals surface area (Å²) in [4.78, 5) is 19.6. The molecule has 4 nitrogen and oxygen atoms in total. The average molecular weight is 358 g/mol. The van der Waals surface area contributed by atoms with Crippen LogP contribution in [0.1, 0.15) is 50.3 Å². The second-order valence-corrected chi connectivity index (χ2v) is 7.84. The topological polar surface area (TPSA) is 37.6 Å². The lowest BCUT2D eigenvalue weighted by Gasteiger charge is -2.15. The van der Waals surface area contributed by atoms with Crippen LogP contribution in [0.25, 0.3) is 0 Å². The lowest BCUT2D eigenvalue weighted by molar-refractivity contribution is -0.127. The predicted molar refractivity (Wildman–Crippen MR) is 103 cm³/mol. The largest absolute Gasteiger partial charge is 0.343 e. The predicted octanol–water partition coefficient (Wildman–Crippen LogP) is 4.23. The summed E-state index contributed by atoms with van der Waals surface area (Å²) < 4.78 is 2.27. The van der Waals surface area contributed by atoms with E-state index in [2.05, 4.69) is 55.0 Å². The van der Waals surface area contributed by atoms with Gasteiger partial charge in [-0.2, -0.15) is 0 Å². The first kappa shape index (κ1) is 17.9. The van der Waals surface area contributed by atoms with E-state index in [1.807, 2.05) is 4.90 Å². The minimum absolute atomic E-state index is 0.308. The van der Waals surface area contributed by atoms with Crippen molar-refractivity contribution in [2.45, 2.75) is 52.5 Å². The number of amides is 1. The molecule has 0 unspecified atom stereocenters. The number of carbonyl (C=O) groups excluding carboxylic acids is 1. The first-order valence-corrected chi connectivity index (χ1v) is 10.00. The van der Waals surface area contributed by atoms with Gasteiger partial charge in [-0.3, -0.25) is 4.79 Å². The van der Waals surface area contributed by atoms with Crippen molar-refractivity contribution < 1.29 is 4.79 Å². The highest BCUT2D eigenvalue weighted by atomic mass is 32.1. The summed E-state index contributed by atoms with van der Waals surface area (Å²) in [6.07, 6.45) is 2.71. The number of rotatable bonds is 6. The number of carbonyl (C=O) groups is 1. The Morgan fingerprint density at radius 2 is 1.96 bits per heavy atom. The number of nitrogens with zero attached hydrogens (tertiary/aromatic N) is 3. The Morgan fingerprint density at radius 3 is 2.60 bits per heavy atom. The monoisotopic (exact) mass is 357 g/mol. The number of hydrogen-bond acceptors (Lipinski definition) is 3. The number of thiazole rings is 1. The standard InChI is InChI=1S/C20H27N3OS/c1-15(2)17-7-9-18(10-8-17)21-20-23(16(3)14-25-20)13-5-12-22-11-4-6-19(22)24/h7-10,14-15H,4-6,11-13H2,1-3H3. The van der Waals surface area contributed by atoms with Crippen LogP contribution >= 0.6 is 11.3 Å². The highest BCUT2D eigenvalue weighted by Gasteiger charge is 2.19. The van der Waals surface area contributed by atoms with Gasteiger partial charge in [0.05, 0.1) is 5.69 Å². The van der Waals surface area contributed by atoms with E-state index in [9.17, 15) is 4.79 Å². The fraction of sp³-hybridized carbons (Fsp3) is 0.500. The van der Waals surface area contributed by atoms with E-state index in [0.29, 0.717) is 11.8 Å². The van der Waals surface area contributed by atoms with E-state index in [0.717, 1.165) is 49.4 Å². The van der Waals surface area contributed by atoms with Crippen molar-refractivity contribution in [1.29, 1.82) is 0 Å². The van der Waals surface area contributed by atoms with Gasteiger partial charge in [-0.15, -0.1) is 11.3 Å². The van der Waals surface area contributed by atoms with Crippen LogP contribution in [-0.2, 0) is 11.3 Å². The number of benzene rings is 1. The van der Waals surface area contributed by atoms with Gasteiger partial charge in [0, 0.05) is 37.1 Å². The molecule has 134 valence electrons. The lowest BCUT2D eigenvalue weighted by Crippen LogP contribution is -2.27. The third kappa shape index (κ3) is 4.40. The normalized spacial score (nSPS) is 15.6. The quantitative estimate of drug-likeness (QED) is 0.762. The number of aryl methyl sites for hydroxylation is 1. The molecule has 25 heavy (non-hydrogen) atoms. The average Bonchev–Trinajstić information content (AvgIpc) is 3.15. The summed E-state index contributed by atoms with van der Waals surface area (Å²) in [5.41, 5.74) is 3.56. The Bertz CT molecular complexity index is 786. The molecule has 2 heterocycles. The van der Waals surface area contributed by atoms with E-state index in [-0.39, 0.29) is 0 Å². The molecule has 5 heteroatoms. The fourth-order valence-corrected chi connectivity index (χ4v) is 4.10. The van der Waals surface area contributed by atoms with Crippen molar-refractivity contribution in [3.8, 4) is 0 Å². The van der Waals surface area contributed by atoms with Crippen molar-refractivity contribution in [2.24, 2.45) is 4.99 Å². The van der Waals surface area contributed by atoms with Gasteiger partial charge in [-0.25, -0.2) is 4.99 Å². The Kier molecular flexibility index (Phi) is 5.74. The Balaban J connectivity index is 1.71. The van der Waals surface area contributed by atoms with Gasteiger partial charge in [-0.05, 0) is 43.4 Å². The van der Waals surface area contributed by atoms with Crippen LogP contribution in [0.2, 0.25) is 0 Å². The highest BCUT2D eigenvalue weighted by molar-refractivity contribution is 7.07. The van der Waals surface area contributed by atoms with Crippen molar-refractivity contribution >= 4 is 22.9 Å². The zero-order chi connectivity index (χ0) is 17.8. The first-order valence-electron chi connectivity index (χ1n) is 9.12.